The summed E-state index contributed by atoms with van der Waals surface area (Å²) in [6.45, 7) is 3.29. The van der Waals surface area contributed by atoms with E-state index in [1.54, 1.807) is 11.3 Å². The number of piperidine rings is 1. The maximum Gasteiger partial charge on any atom is 0.264 e. The van der Waals surface area contributed by atoms with Gasteiger partial charge in [-0.25, -0.2) is 13.1 Å². The number of carbonyl (C=O) groups is 1. The van der Waals surface area contributed by atoms with E-state index in [1.165, 1.54) is 16.9 Å². The number of fused-ring (bicyclic) bond motifs is 1. The first-order valence-corrected chi connectivity index (χ1v) is 11.4. The van der Waals surface area contributed by atoms with Gasteiger partial charge in [0.1, 0.15) is 0 Å². The molecule has 134 valence electrons. The average molecular weight is 371 g/mol. The molecule has 1 aliphatic carbocycles. The number of nitrogens with one attached hydrogen (secondary N) is 1. The largest absolute Gasteiger partial charge is 0.334 e. The van der Waals surface area contributed by atoms with Crippen LogP contribution in [0.5, 0.6) is 0 Å². The Labute approximate surface area is 148 Å². The fourth-order valence-corrected chi connectivity index (χ4v) is 5.34. The molecule has 0 saturated carbocycles. The second-order valence-electron chi connectivity index (χ2n) is 7.18. The van der Waals surface area contributed by atoms with Crippen LogP contribution in [0, 0.1) is 5.92 Å². The molecule has 3 rings (SSSR count). The van der Waals surface area contributed by atoms with E-state index in [4.69, 9.17) is 0 Å². The van der Waals surface area contributed by atoms with Crippen molar-refractivity contribution in [3.05, 3.63) is 21.4 Å². The van der Waals surface area contributed by atoms with E-state index in [1.807, 2.05) is 4.90 Å². The number of hydrogen-bond donors (Lipinski definition) is 1. The standard InChI is InChI=1S/C17H26N2O3S2/c1-12-6-7-15-13(9-12)10-16(23-15)17(20)19-8-4-3-5-14(19)11-18-24(2,21)22/h10,12,14,18H,3-9,11H2,1-2H3/t12-,14-/m1/s1. The Kier molecular flexibility index (Phi) is 5.32. The van der Waals surface area contributed by atoms with Gasteiger partial charge in [-0.05, 0) is 56.1 Å². The number of rotatable bonds is 4. The summed E-state index contributed by atoms with van der Waals surface area (Å²) in [6.07, 6.45) is 7.39. The van der Waals surface area contributed by atoms with Gasteiger partial charge >= 0.3 is 0 Å². The van der Waals surface area contributed by atoms with E-state index < -0.39 is 10.0 Å². The molecule has 0 bridgehead atoms. The number of hydrogen-bond acceptors (Lipinski definition) is 4. The molecule has 1 aromatic rings. The van der Waals surface area contributed by atoms with Gasteiger partial charge in [0.2, 0.25) is 10.0 Å². The Morgan fingerprint density at radius 1 is 1.38 bits per heavy atom. The minimum Gasteiger partial charge on any atom is -0.334 e. The molecule has 0 aromatic carbocycles. The first-order chi connectivity index (χ1) is 11.3. The molecular formula is C17H26N2O3S2. The molecule has 24 heavy (non-hydrogen) atoms. The first kappa shape index (κ1) is 17.9. The molecule has 0 radical (unpaired) electrons. The van der Waals surface area contributed by atoms with Crippen molar-refractivity contribution in [2.24, 2.45) is 5.92 Å². The summed E-state index contributed by atoms with van der Waals surface area (Å²) in [5.74, 6) is 0.763. The van der Waals surface area contributed by atoms with E-state index in [0.717, 1.165) is 43.2 Å². The third-order valence-corrected chi connectivity index (χ3v) is 6.93. The molecule has 0 spiro atoms. The Hall–Kier alpha value is -0.920. The number of thiophene rings is 1. The minimum absolute atomic E-state index is 0.0426. The van der Waals surface area contributed by atoms with Crippen LogP contribution < -0.4 is 4.72 Å². The smallest absolute Gasteiger partial charge is 0.264 e. The van der Waals surface area contributed by atoms with E-state index >= 15 is 0 Å². The average Bonchev–Trinajstić information content (AvgIpc) is 2.95. The Balaban J connectivity index is 1.74. The van der Waals surface area contributed by atoms with Crippen molar-refractivity contribution in [3.63, 3.8) is 0 Å². The van der Waals surface area contributed by atoms with Crippen LogP contribution in [0.2, 0.25) is 0 Å². The quantitative estimate of drug-likeness (QED) is 0.885. The number of aryl methyl sites for hydroxylation is 1. The number of nitrogens with zero attached hydrogens (tertiary/aromatic N) is 1. The number of likely N-dealkylation sites (tertiary alicyclic amines) is 1. The van der Waals surface area contributed by atoms with Gasteiger partial charge in [-0.1, -0.05) is 6.92 Å². The fraction of sp³-hybridized carbons (Fsp3) is 0.706. The lowest BCUT2D eigenvalue weighted by Gasteiger charge is -2.35. The zero-order valence-corrected chi connectivity index (χ0v) is 16.0. The summed E-state index contributed by atoms with van der Waals surface area (Å²) in [7, 11) is -3.23. The normalized spacial score (nSPS) is 24.7. The lowest BCUT2D eigenvalue weighted by atomic mass is 9.90. The lowest BCUT2D eigenvalue weighted by molar-refractivity contribution is 0.0624. The fourth-order valence-electron chi connectivity index (χ4n) is 3.68. The zero-order chi connectivity index (χ0) is 17.3. The van der Waals surface area contributed by atoms with Crippen molar-refractivity contribution in [1.29, 1.82) is 0 Å². The van der Waals surface area contributed by atoms with Crippen LogP contribution in [-0.4, -0.2) is 44.6 Å². The summed E-state index contributed by atoms with van der Waals surface area (Å²) >= 11 is 1.63. The van der Waals surface area contributed by atoms with Crippen LogP contribution in [0.4, 0.5) is 0 Å². The van der Waals surface area contributed by atoms with Crippen LogP contribution in [0.1, 0.15) is 52.7 Å². The molecule has 1 saturated heterocycles. The van der Waals surface area contributed by atoms with Crippen LogP contribution in [0.25, 0.3) is 0 Å². The van der Waals surface area contributed by atoms with Crippen LogP contribution >= 0.6 is 11.3 Å². The van der Waals surface area contributed by atoms with E-state index in [2.05, 4.69) is 17.7 Å². The third kappa shape index (κ3) is 4.18. The van der Waals surface area contributed by atoms with Crippen molar-refractivity contribution >= 4 is 27.3 Å². The molecule has 2 aliphatic rings. The number of carbonyl (C=O) groups excluding carboxylic acids is 1. The molecule has 1 fully saturated rings. The molecule has 1 amide bonds. The van der Waals surface area contributed by atoms with Crippen molar-refractivity contribution in [1.82, 2.24) is 9.62 Å². The van der Waals surface area contributed by atoms with Crippen molar-refractivity contribution in [2.45, 2.75) is 51.5 Å². The third-order valence-electron chi connectivity index (χ3n) is 5.01. The molecule has 5 nitrogen and oxygen atoms in total. The topological polar surface area (TPSA) is 66.5 Å². The van der Waals surface area contributed by atoms with Gasteiger partial charge in [-0.15, -0.1) is 11.3 Å². The SMILES string of the molecule is C[C@@H]1CCc2sc(C(=O)N3CCCC[C@@H]3CNS(C)(=O)=O)cc2C1. The Bertz CT molecular complexity index is 711. The van der Waals surface area contributed by atoms with Crippen molar-refractivity contribution < 1.29 is 13.2 Å². The monoisotopic (exact) mass is 370 g/mol. The highest BCUT2D eigenvalue weighted by Crippen LogP contribution is 2.33. The Morgan fingerprint density at radius 3 is 2.92 bits per heavy atom. The summed E-state index contributed by atoms with van der Waals surface area (Å²) in [5.41, 5.74) is 1.34. The molecule has 2 heterocycles. The van der Waals surface area contributed by atoms with Crippen molar-refractivity contribution in [3.8, 4) is 0 Å². The van der Waals surface area contributed by atoms with Gasteiger partial charge in [0, 0.05) is 24.0 Å². The van der Waals surface area contributed by atoms with Gasteiger partial charge in [0.25, 0.3) is 5.91 Å². The maximum atomic E-state index is 13.0. The van der Waals surface area contributed by atoms with Gasteiger partial charge in [0.15, 0.2) is 0 Å². The van der Waals surface area contributed by atoms with Crippen LogP contribution in [-0.2, 0) is 22.9 Å². The predicted molar refractivity (Wildman–Crippen MR) is 97.0 cm³/mol. The van der Waals surface area contributed by atoms with Gasteiger partial charge in [0.05, 0.1) is 11.1 Å². The highest BCUT2D eigenvalue weighted by Gasteiger charge is 2.30. The highest BCUT2D eigenvalue weighted by atomic mass is 32.2. The molecule has 1 N–H and O–H groups in total. The summed E-state index contributed by atoms with van der Waals surface area (Å²) in [4.78, 5) is 17.1. The van der Waals surface area contributed by atoms with Gasteiger partial charge < -0.3 is 4.90 Å². The molecule has 7 heteroatoms. The second-order valence-corrected chi connectivity index (χ2v) is 10.1. The maximum absolute atomic E-state index is 13.0. The molecule has 0 unspecified atom stereocenters. The first-order valence-electron chi connectivity index (χ1n) is 8.70. The summed E-state index contributed by atoms with van der Waals surface area (Å²) in [5, 5.41) is 0. The second kappa shape index (κ2) is 7.14. The van der Waals surface area contributed by atoms with E-state index in [-0.39, 0.29) is 11.9 Å². The van der Waals surface area contributed by atoms with E-state index in [9.17, 15) is 13.2 Å². The highest BCUT2D eigenvalue weighted by molar-refractivity contribution is 7.88. The van der Waals surface area contributed by atoms with Crippen LogP contribution in [0.3, 0.4) is 0 Å². The predicted octanol–water partition coefficient (Wildman–Crippen LogP) is 2.42. The molecule has 1 aromatic heterocycles. The summed E-state index contributed by atoms with van der Waals surface area (Å²) < 4.78 is 25.3. The summed E-state index contributed by atoms with van der Waals surface area (Å²) in [6, 6.07) is 2.03. The molecule has 2 atom stereocenters. The van der Waals surface area contributed by atoms with Gasteiger partial charge in [-0.3, -0.25) is 4.79 Å². The molecular weight excluding hydrogens is 344 g/mol. The van der Waals surface area contributed by atoms with E-state index in [0.29, 0.717) is 19.0 Å². The van der Waals surface area contributed by atoms with Crippen LogP contribution in [0.15, 0.2) is 6.07 Å². The molecule has 1 aliphatic heterocycles. The zero-order valence-electron chi connectivity index (χ0n) is 14.4. The Morgan fingerprint density at radius 2 is 2.17 bits per heavy atom. The number of amides is 1. The van der Waals surface area contributed by atoms with Crippen molar-refractivity contribution in [2.75, 3.05) is 19.3 Å². The lowest BCUT2D eigenvalue weighted by Crippen LogP contribution is -2.49. The number of sulfonamides is 1. The van der Waals surface area contributed by atoms with Gasteiger partial charge in [-0.2, -0.15) is 0 Å². The minimum atomic E-state index is -3.23.